The standard InChI is InChI=1S/C22H30N2O6/c1-11-8-9-17(26)21(28)16(25)7-5-6-14-19(22(29)30-12(11)2)18(27)10-15-20(14)23-13(3)24(15)4/h5-6,8-12,16-17,21-22,25-29H,7H2,1-4H3/b6-5+,9-8-/t11-,12+,16+,17+,21+,22+/m1/s1. The Morgan fingerprint density at radius 2 is 1.83 bits per heavy atom. The quantitative estimate of drug-likeness (QED) is 0.412. The number of aliphatic hydroxyl groups excluding tert-OH is 4. The van der Waals surface area contributed by atoms with Crippen LogP contribution in [-0.4, -0.2) is 59.5 Å². The van der Waals surface area contributed by atoms with Gasteiger partial charge in [-0.05, 0) is 20.3 Å². The van der Waals surface area contributed by atoms with E-state index in [4.69, 9.17) is 4.74 Å². The molecular formula is C22H30N2O6. The van der Waals surface area contributed by atoms with Crippen LogP contribution < -0.4 is 0 Å². The van der Waals surface area contributed by atoms with E-state index >= 15 is 0 Å². The van der Waals surface area contributed by atoms with Crippen molar-refractivity contribution in [1.29, 1.82) is 0 Å². The average molecular weight is 418 g/mol. The first-order chi connectivity index (χ1) is 14.1. The molecule has 0 spiro atoms. The molecular weight excluding hydrogens is 388 g/mol. The first-order valence-electron chi connectivity index (χ1n) is 10.0. The third-order valence-electron chi connectivity index (χ3n) is 5.81. The van der Waals surface area contributed by atoms with Gasteiger partial charge in [0.25, 0.3) is 0 Å². The SMILES string of the molecule is Cc1nc2c3c(c(O)cc2n1C)[C@@H](O)O[C@@H](C)[C@H](C)/C=C\[C@H](O)[C@@H](O)[C@@H](O)C/C=C/3. The van der Waals surface area contributed by atoms with E-state index in [9.17, 15) is 25.5 Å². The highest BCUT2D eigenvalue weighted by Crippen LogP contribution is 2.37. The third-order valence-corrected chi connectivity index (χ3v) is 5.81. The van der Waals surface area contributed by atoms with E-state index in [0.29, 0.717) is 16.6 Å². The fraction of sp³-hybridized carbons (Fsp3) is 0.500. The molecule has 30 heavy (non-hydrogen) atoms. The third kappa shape index (κ3) is 4.28. The Labute approximate surface area is 175 Å². The molecule has 1 aromatic heterocycles. The molecule has 0 aliphatic carbocycles. The second-order valence-corrected chi connectivity index (χ2v) is 7.93. The van der Waals surface area contributed by atoms with Crippen LogP contribution in [0.5, 0.6) is 5.75 Å². The normalized spacial score (nSPS) is 33.1. The van der Waals surface area contributed by atoms with Crippen LogP contribution in [0.15, 0.2) is 24.3 Å². The fourth-order valence-corrected chi connectivity index (χ4v) is 3.54. The Morgan fingerprint density at radius 3 is 2.53 bits per heavy atom. The summed E-state index contributed by atoms with van der Waals surface area (Å²) < 4.78 is 7.59. The number of fused-ring (bicyclic) bond motifs is 3. The molecule has 1 aliphatic rings. The van der Waals surface area contributed by atoms with Gasteiger partial charge in [-0.3, -0.25) is 0 Å². The van der Waals surface area contributed by atoms with E-state index < -0.39 is 30.7 Å². The molecule has 1 aromatic carbocycles. The van der Waals surface area contributed by atoms with Crippen LogP contribution in [0, 0.1) is 12.8 Å². The molecule has 0 bridgehead atoms. The summed E-state index contributed by atoms with van der Waals surface area (Å²) in [5, 5.41) is 52.1. The number of phenols is 1. The number of aliphatic hydroxyl groups is 4. The molecule has 2 aromatic rings. The molecule has 0 saturated carbocycles. The number of phenolic OH excluding ortho intramolecular Hbond substituents is 1. The highest BCUT2D eigenvalue weighted by atomic mass is 16.6. The molecule has 6 atom stereocenters. The van der Waals surface area contributed by atoms with Gasteiger partial charge in [-0.1, -0.05) is 31.2 Å². The molecule has 8 nitrogen and oxygen atoms in total. The van der Waals surface area contributed by atoms with E-state index in [0.717, 1.165) is 5.82 Å². The van der Waals surface area contributed by atoms with Gasteiger partial charge in [0.1, 0.15) is 23.8 Å². The number of ether oxygens (including phenoxy) is 1. The van der Waals surface area contributed by atoms with Crippen molar-refractivity contribution in [2.24, 2.45) is 13.0 Å². The minimum absolute atomic E-state index is 0.0530. The Balaban J connectivity index is 2.16. The van der Waals surface area contributed by atoms with Gasteiger partial charge >= 0.3 is 0 Å². The van der Waals surface area contributed by atoms with Gasteiger partial charge in [-0.25, -0.2) is 4.98 Å². The van der Waals surface area contributed by atoms with E-state index in [1.807, 2.05) is 25.5 Å². The second-order valence-electron chi connectivity index (χ2n) is 7.93. The summed E-state index contributed by atoms with van der Waals surface area (Å²) >= 11 is 0. The van der Waals surface area contributed by atoms with Crippen molar-refractivity contribution in [2.75, 3.05) is 0 Å². The summed E-state index contributed by atoms with van der Waals surface area (Å²) in [4.78, 5) is 4.55. The summed E-state index contributed by atoms with van der Waals surface area (Å²) in [5.74, 6) is 0.381. The lowest BCUT2D eigenvalue weighted by Crippen LogP contribution is -2.36. The lowest BCUT2D eigenvalue weighted by molar-refractivity contribution is -0.144. The van der Waals surface area contributed by atoms with Gasteiger partial charge in [0.15, 0.2) is 6.29 Å². The fourth-order valence-electron chi connectivity index (χ4n) is 3.54. The predicted molar refractivity (Wildman–Crippen MR) is 113 cm³/mol. The Morgan fingerprint density at radius 1 is 1.13 bits per heavy atom. The smallest absolute Gasteiger partial charge is 0.185 e. The zero-order chi connectivity index (χ0) is 22.2. The lowest BCUT2D eigenvalue weighted by Gasteiger charge is -2.25. The molecule has 8 heteroatoms. The number of nitrogens with zero attached hydrogens (tertiary/aromatic N) is 2. The molecule has 0 fully saturated rings. The van der Waals surface area contributed by atoms with Crippen molar-refractivity contribution in [1.82, 2.24) is 9.55 Å². The maximum Gasteiger partial charge on any atom is 0.185 e. The number of aromatic hydroxyl groups is 1. The molecule has 0 unspecified atom stereocenters. The van der Waals surface area contributed by atoms with Crippen molar-refractivity contribution in [3.05, 3.63) is 41.2 Å². The zero-order valence-corrected chi connectivity index (χ0v) is 17.6. The minimum Gasteiger partial charge on any atom is -0.507 e. The van der Waals surface area contributed by atoms with Gasteiger partial charge in [0.05, 0.1) is 28.8 Å². The Bertz CT molecular complexity index is 966. The number of aromatic nitrogens is 2. The molecule has 2 heterocycles. The van der Waals surface area contributed by atoms with Gasteiger partial charge in [-0.15, -0.1) is 0 Å². The molecule has 1 aliphatic heterocycles. The Hall–Kier alpha value is -2.23. The van der Waals surface area contributed by atoms with Crippen LogP contribution in [0.3, 0.4) is 0 Å². The van der Waals surface area contributed by atoms with Crippen molar-refractivity contribution >= 4 is 17.1 Å². The largest absolute Gasteiger partial charge is 0.507 e. The molecule has 3 rings (SSSR count). The van der Waals surface area contributed by atoms with E-state index in [2.05, 4.69) is 4.98 Å². The van der Waals surface area contributed by atoms with E-state index in [-0.39, 0.29) is 23.7 Å². The number of aryl methyl sites for hydroxylation is 2. The minimum atomic E-state index is -1.41. The van der Waals surface area contributed by atoms with Crippen molar-refractivity contribution in [3.8, 4) is 5.75 Å². The summed E-state index contributed by atoms with van der Waals surface area (Å²) in [6, 6.07) is 1.54. The van der Waals surface area contributed by atoms with Crippen molar-refractivity contribution in [3.63, 3.8) is 0 Å². The second kappa shape index (κ2) is 8.87. The van der Waals surface area contributed by atoms with Crippen LogP contribution in [-0.2, 0) is 11.8 Å². The van der Waals surface area contributed by atoms with E-state index in [1.165, 1.54) is 6.08 Å². The van der Waals surface area contributed by atoms with Gasteiger partial charge in [-0.2, -0.15) is 0 Å². The highest BCUT2D eigenvalue weighted by molar-refractivity contribution is 5.89. The summed E-state index contributed by atoms with van der Waals surface area (Å²) in [6.07, 6.45) is 0.692. The summed E-state index contributed by atoms with van der Waals surface area (Å²) in [5.41, 5.74) is 1.91. The number of imidazole rings is 1. The van der Waals surface area contributed by atoms with Gasteiger partial charge < -0.3 is 34.8 Å². The number of rotatable bonds is 0. The number of hydrogen-bond acceptors (Lipinski definition) is 7. The summed E-state index contributed by atoms with van der Waals surface area (Å²) in [6.45, 7) is 5.43. The monoisotopic (exact) mass is 418 g/mol. The number of benzene rings is 1. The zero-order valence-electron chi connectivity index (χ0n) is 17.6. The van der Waals surface area contributed by atoms with Gasteiger partial charge in [0.2, 0.25) is 0 Å². The van der Waals surface area contributed by atoms with Crippen LogP contribution >= 0.6 is 0 Å². The number of hydrogen-bond donors (Lipinski definition) is 5. The molecule has 0 saturated heterocycles. The van der Waals surface area contributed by atoms with Crippen LogP contribution in [0.25, 0.3) is 17.1 Å². The van der Waals surface area contributed by atoms with Gasteiger partial charge in [0, 0.05) is 24.6 Å². The predicted octanol–water partition coefficient (Wildman–Crippen LogP) is 1.68. The first kappa shape index (κ1) is 22.5. The molecule has 5 N–H and O–H groups in total. The van der Waals surface area contributed by atoms with Crippen LogP contribution in [0.2, 0.25) is 0 Å². The van der Waals surface area contributed by atoms with Crippen LogP contribution in [0.1, 0.15) is 43.5 Å². The van der Waals surface area contributed by atoms with Crippen LogP contribution in [0.4, 0.5) is 0 Å². The van der Waals surface area contributed by atoms with E-state index in [1.54, 1.807) is 31.2 Å². The maximum absolute atomic E-state index is 10.8. The summed E-state index contributed by atoms with van der Waals surface area (Å²) in [7, 11) is 1.83. The first-order valence-corrected chi connectivity index (χ1v) is 10.0. The Kier molecular flexibility index (Phi) is 6.64. The topological polar surface area (TPSA) is 128 Å². The lowest BCUT2D eigenvalue weighted by atomic mass is 9.98. The molecule has 0 amide bonds. The van der Waals surface area contributed by atoms with Crippen molar-refractivity contribution < 1.29 is 30.3 Å². The average Bonchev–Trinajstić information content (AvgIpc) is 2.98. The maximum atomic E-state index is 10.8. The highest BCUT2D eigenvalue weighted by Gasteiger charge is 2.27. The molecule has 0 radical (unpaired) electrons. The van der Waals surface area contributed by atoms with Crippen molar-refractivity contribution in [2.45, 2.75) is 57.9 Å². The molecule has 164 valence electrons.